The van der Waals surface area contributed by atoms with E-state index in [-0.39, 0.29) is 18.4 Å². The van der Waals surface area contributed by atoms with E-state index in [0.29, 0.717) is 28.7 Å². The fraction of sp³-hybridized carbons (Fsp3) is 0.320. The Hall–Kier alpha value is -2.63. The molecule has 2 unspecified atom stereocenters. The van der Waals surface area contributed by atoms with E-state index in [1.807, 2.05) is 32.0 Å². The molecule has 0 radical (unpaired) electrons. The highest BCUT2D eigenvalue weighted by Gasteiger charge is 2.34. The number of carbonyl (C=O) groups is 1. The number of nitrogens with one attached hydrogen (secondary N) is 1. The highest BCUT2D eigenvalue weighted by molar-refractivity contribution is 6.36. The molecule has 1 aromatic heterocycles. The molecule has 4 rings (SSSR count). The lowest BCUT2D eigenvalue weighted by Crippen LogP contribution is -2.22. The smallest absolute Gasteiger partial charge is 0.303 e. The molecule has 0 aliphatic heterocycles. The fourth-order valence-electron chi connectivity index (χ4n) is 4.45. The van der Waals surface area contributed by atoms with Gasteiger partial charge in [-0.3, -0.25) is 4.79 Å². The van der Waals surface area contributed by atoms with Crippen molar-refractivity contribution in [2.75, 3.05) is 5.32 Å². The van der Waals surface area contributed by atoms with Crippen molar-refractivity contribution >= 4 is 35.0 Å². The molecular formula is C25H25Cl2N3O2. The predicted octanol–water partition coefficient (Wildman–Crippen LogP) is 6.38. The Morgan fingerprint density at radius 2 is 1.84 bits per heavy atom. The van der Waals surface area contributed by atoms with Crippen molar-refractivity contribution in [3.63, 3.8) is 0 Å². The first kappa shape index (κ1) is 22.6. The molecule has 0 saturated carbocycles. The van der Waals surface area contributed by atoms with Gasteiger partial charge in [-0.15, -0.1) is 0 Å². The maximum atomic E-state index is 11.5. The second-order valence-electron chi connectivity index (χ2n) is 8.03. The summed E-state index contributed by atoms with van der Waals surface area (Å²) in [6.45, 7) is 4.07. The maximum Gasteiger partial charge on any atom is 0.303 e. The Morgan fingerprint density at radius 1 is 1.09 bits per heavy atom. The van der Waals surface area contributed by atoms with Gasteiger partial charge in [0.1, 0.15) is 5.82 Å². The van der Waals surface area contributed by atoms with E-state index in [1.165, 1.54) is 5.56 Å². The minimum Gasteiger partial charge on any atom is -0.481 e. The van der Waals surface area contributed by atoms with E-state index in [9.17, 15) is 9.90 Å². The van der Waals surface area contributed by atoms with Gasteiger partial charge in [-0.2, -0.15) is 0 Å². The largest absolute Gasteiger partial charge is 0.481 e. The van der Waals surface area contributed by atoms with Gasteiger partial charge in [0.2, 0.25) is 0 Å². The number of anilines is 1. The second-order valence-corrected chi connectivity index (χ2v) is 8.87. The third-order valence-corrected chi connectivity index (χ3v) is 6.52. The van der Waals surface area contributed by atoms with Crippen LogP contribution in [0.5, 0.6) is 0 Å². The molecule has 0 fully saturated rings. The SMILES string of the molecule is CCc1nc(-c2ccc(Cl)cc2Cl)c(CC)nc1NC1c2ccccc2CC1CC(=O)O. The molecule has 2 N–H and O–H groups in total. The van der Waals surface area contributed by atoms with Crippen LogP contribution in [0.2, 0.25) is 10.0 Å². The Balaban J connectivity index is 1.75. The van der Waals surface area contributed by atoms with Crippen LogP contribution >= 0.6 is 23.2 Å². The van der Waals surface area contributed by atoms with Crippen molar-refractivity contribution in [2.45, 2.75) is 45.6 Å². The number of rotatable bonds is 7. The van der Waals surface area contributed by atoms with Gasteiger partial charge in [0.15, 0.2) is 0 Å². The van der Waals surface area contributed by atoms with Crippen LogP contribution < -0.4 is 5.32 Å². The molecule has 0 amide bonds. The van der Waals surface area contributed by atoms with Crippen molar-refractivity contribution in [1.82, 2.24) is 9.97 Å². The van der Waals surface area contributed by atoms with Crippen LogP contribution in [0.4, 0.5) is 5.82 Å². The zero-order valence-electron chi connectivity index (χ0n) is 18.0. The molecule has 1 heterocycles. The number of carboxylic acids is 1. The third kappa shape index (κ3) is 4.45. The minimum absolute atomic E-state index is 0.0492. The molecule has 5 nitrogen and oxygen atoms in total. The number of fused-ring (bicyclic) bond motifs is 1. The van der Waals surface area contributed by atoms with Crippen molar-refractivity contribution in [3.05, 3.63) is 75.0 Å². The van der Waals surface area contributed by atoms with Gasteiger partial charge in [-0.05, 0) is 54.5 Å². The van der Waals surface area contributed by atoms with Gasteiger partial charge in [-0.25, -0.2) is 9.97 Å². The molecule has 32 heavy (non-hydrogen) atoms. The molecule has 166 valence electrons. The van der Waals surface area contributed by atoms with Crippen LogP contribution in [0.3, 0.4) is 0 Å². The van der Waals surface area contributed by atoms with Crippen LogP contribution in [0.15, 0.2) is 42.5 Å². The molecule has 0 saturated heterocycles. The zero-order chi connectivity index (χ0) is 22.8. The molecule has 1 aliphatic rings. The normalized spacial score (nSPS) is 17.2. The van der Waals surface area contributed by atoms with Gasteiger partial charge in [0.25, 0.3) is 0 Å². The van der Waals surface area contributed by atoms with E-state index in [0.717, 1.165) is 34.6 Å². The third-order valence-electron chi connectivity index (χ3n) is 5.97. The first-order chi connectivity index (χ1) is 15.4. The minimum atomic E-state index is -0.793. The standard InChI is InChI=1S/C25H25Cl2N3O2/c1-3-20-24(18-10-9-16(26)13-19(18)27)28-21(4-2)25(29-20)30-23-15(12-22(31)32)11-14-7-5-6-8-17(14)23/h5-10,13,15,23H,3-4,11-12H2,1-2H3,(H,29,30)(H,31,32). The van der Waals surface area contributed by atoms with Crippen molar-refractivity contribution < 1.29 is 9.90 Å². The lowest BCUT2D eigenvalue weighted by molar-refractivity contribution is -0.138. The highest BCUT2D eigenvalue weighted by atomic mass is 35.5. The number of halogens is 2. The number of aryl methyl sites for hydroxylation is 2. The Labute approximate surface area is 197 Å². The van der Waals surface area contributed by atoms with Crippen LogP contribution in [-0.2, 0) is 24.1 Å². The van der Waals surface area contributed by atoms with Gasteiger partial charge in [-0.1, -0.05) is 61.3 Å². The van der Waals surface area contributed by atoms with E-state index in [2.05, 4.69) is 17.4 Å². The zero-order valence-corrected chi connectivity index (χ0v) is 19.5. The van der Waals surface area contributed by atoms with E-state index in [1.54, 1.807) is 12.1 Å². The monoisotopic (exact) mass is 469 g/mol. The molecule has 0 bridgehead atoms. The summed E-state index contributed by atoms with van der Waals surface area (Å²) in [5, 5.41) is 14.1. The van der Waals surface area contributed by atoms with Crippen molar-refractivity contribution in [2.24, 2.45) is 5.92 Å². The summed E-state index contributed by atoms with van der Waals surface area (Å²) in [4.78, 5) is 21.4. The highest BCUT2D eigenvalue weighted by Crippen LogP contribution is 2.41. The molecule has 0 spiro atoms. The van der Waals surface area contributed by atoms with Crippen LogP contribution in [0, 0.1) is 5.92 Å². The number of aromatic nitrogens is 2. The molecule has 2 aromatic carbocycles. The maximum absolute atomic E-state index is 11.5. The Bertz CT molecular complexity index is 1170. The molecular weight excluding hydrogens is 445 g/mol. The fourth-order valence-corrected chi connectivity index (χ4v) is 4.94. The van der Waals surface area contributed by atoms with E-state index < -0.39 is 5.97 Å². The first-order valence-electron chi connectivity index (χ1n) is 10.8. The first-order valence-corrected chi connectivity index (χ1v) is 11.6. The molecule has 1 aliphatic carbocycles. The predicted molar refractivity (Wildman–Crippen MR) is 128 cm³/mol. The van der Waals surface area contributed by atoms with Crippen LogP contribution in [-0.4, -0.2) is 21.0 Å². The molecule has 2 atom stereocenters. The summed E-state index contributed by atoms with van der Waals surface area (Å²) < 4.78 is 0. The summed E-state index contributed by atoms with van der Waals surface area (Å²) in [6.07, 6.45) is 2.18. The van der Waals surface area contributed by atoms with Crippen molar-refractivity contribution in [3.8, 4) is 11.3 Å². The quantitative estimate of drug-likeness (QED) is 0.419. The summed E-state index contributed by atoms with van der Waals surface area (Å²) in [7, 11) is 0. The lowest BCUT2D eigenvalue weighted by atomic mass is 9.97. The van der Waals surface area contributed by atoms with E-state index in [4.69, 9.17) is 33.2 Å². The average molecular weight is 470 g/mol. The van der Waals surface area contributed by atoms with Crippen molar-refractivity contribution in [1.29, 1.82) is 0 Å². The summed E-state index contributed by atoms with van der Waals surface area (Å²) in [5.74, 6) is -0.138. The van der Waals surface area contributed by atoms with Gasteiger partial charge >= 0.3 is 5.97 Å². The van der Waals surface area contributed by atoms with Gasteiger partial charge < -0.3 is 10.4 Å². The number of nitrogens with zero attached hydrogens (tertiary/aromatic N) is 2. The number of hydrogen-bond acceptors (Lipinski definition) is 4. The second kappa shape index (κ2) is 9.47. The average Bonchev–Trinajstić information content (AvgIpc) is 3.10. The Kier molecular flexibility index (Phi) is 6.68. The number of hydrogen-bond donors (Lipinski definition) is 2. The lowest BCUT2D eigenvalue weighted by Gasteiger charge is -2.23. The number of benzene rings is 2. The van der Waals surface area contributed by atoms with E-state index >= 15 is 0 Å². The summed E-state index contributed by atoms with van der Waals surface area (Å²) >= 11 is 12.5. The topological polar surface area (TPSA) is 75.1 Å². The summed E-state index contributed by atoms with van der Waals surface area (Å²) in [6, 6.07) is 13.4. The number of carboxylic acid groups (broad SMARTS) is 1. The molecule has 7 heteroatoms. The van der Waals surface area contributed by atoms with Gasteiger partial charge in [0.05, 0.1) is 34.6 Å². The van der Waals surface area contributed by atoms with Gasteiger partial charge in [0, 0.05) is 10.6 Å². The Morgan fingerprint density at radius 3 is 2.53 bits per heavy atom. The molecule has 3 aromatic rings. The van der Waals surface area contributed by atoms with Crippen LogP contribution in [0.1, 0.15) is 48.8 Å². The van der Waals surface area contributed by atoms with Crippen LogP contribution in [0.25, 0.3) is 11.3 Å². The summed E-state index contributed by atoms with van der Waals surface area (Å²) in [5.41, 5.74) is 5.52. The number of aliphatic carboxylic acids is 1.